The van der Waals surface area contributed by atoms with Crippen molar-refractivity contribution in [3.05, 3.63) is 23.4 Å². The lowest BCUT2D eigenvalue weighted by atomic mass is 9.57. The zero-order valence-electron chi connectivity index (χ0n) is 21.2. The second kappa shape index (κ2) is 9.30. The number of nitrogens with two attached hydrogens (primary N) is 1. The fraction of sp³-hybridized carbons (Fsp3) is 0.833. The first-order valence-electron chi connectivity index (χ1n) is 13.5. The van der Waals surface area contributed by atoms with Crippen molar-refractivity contribution < 1.29 is 0 Å². The molecule has 0 radical (unpaired) electrons. The minimum absolute atomic E-state index is 0. The third-order valence-corrected chi connectivity index (χ3v) is 10.9. The van der Waals surface area contributed by atoms with Crippen LogP contribution in [-0.4, -0.2) is 13.3 Å². The van der Waals surface area contributed by atoms with Gasteiger partial charge in [-0.25, -0.2) is 0 Å². The molecular weight excluding hydrogens is 388 g/mol. The average Bonchev–Trinajstić information content (AvgIpc) is 2.99. The van der Waals surface area contributed by atoms with E-state index < -0.39 is 0 Å². The molecule has 0 aliphatic heterocycles. The molecule has 8 unspecified atom stereocenters. The molecule has 5 aliphatic rings. The predicted octanol–water partition coefficient (Wildman–Crippen LogP) is 8.19. The lowest BCUT2D eigenvalue weighted by Crippen LogP contribution is -2.40. The summed E-state index contributed by atoms with van der Waals surface area (Å²) in [4.78, 5) is 4.18. The Balaban J connectivity index is 0.000000938. The molecular formula is C30H52N2. The van der Waals surface area contributed by atoms with Gasteiger partial charge in [0.2, 0.25) is 0 Å². The van der Waals surface area contributed by atoms with Gasteiger partial charge in [0.05, 0.1) is 0 Å². The van der Waals surface area contributed by atoms with Gasteiger partial charge < -0.3 is 5.73 Å². The maximum Gasteiger partial charge on any atom is 0.0277 e. The van der Waals surface area contributed by atoms with E-state index in [9.17, 15) is 0 Å². The molecule has 4 saturated carbocycles. The second-order valence-electron chi connectivity index (χ2n) is 11.8. The number of rotatable bonds is 5. The Morgan fingerprint density at radius 1 is 1.19 bits per heavy atom. The molecule has 0 amide bonds. The van der Waals surface area contributed by atoms with Crippen LogP contribution in [0.1, 0.15) is 106 Å². The quantitative estimate of drug-likeness (QED) is 0.339. The van der Waals surface area contributed by atoms with Crippen molar-refractivity contribution in [2.75, 3.05) is 7.05 Å². The Labute approximate surface area is 199 Å². The summed E-state index contributed by atoms with van der Waals surface area (Å²) >= 11 is 0. The first-order valence-corrected chi connectivity index (χ1v) is 13.5. The Morgan fingerprint density at radius 2 is 1.94 bits per heavy atom. The number of nitrogens with zero attached hydrogens (tertiary/aromatic N) is 1. The lowest BCUT2D eigenvalue weighted by molar-refractivity contribution is 0.0170. The first-order chi connectivity index (χ1) is 14.9. The van der Waals surface area contributed by atoms with Crippen molar-refractivity contribution in [1.29, 1.82) is 0 Å². The van der Waals surface area contributed by atoms with E-state index in [2.05, 4.69) is 31.8 Å². The molecule has 2 spiro atoms. The van der Waals surface area contributed by atoms with E-state index in [1.165, 1.54) is 63.4 Å². The van der Waals surface area contributed by atoms with Crippen molar-refractivity contribution in [3.8, 4) is 0 Å². The van der Waals surface area contributed by atoms with Crippen LogP contribution in [0.2, 0.25) is 0 Å². The van der Waals surface area contributed by atoms with Crippen LogP contribution in [0.15, 0.2) is 28.4 Å². The number of aliphatic imine (C=N–C) groups is 1. The van der Waals surface area contributed by atoms with Gasteiger partial charge in [-0.3, -0.25) is 4.99 Å². The largest absolute Gasteiger partial charge is 0.404 e. The highest BCUT2D eigenvalue weighted by Crippen LogP contribution is 2.90. The molecule has 0 aromatic carbocycles. The molecule has 2 N–H and O–H groups in total. The van der Waals surface area contributed by atoms with Crippen molar-refractivity contribution >= 4 is 6.21 Å². The van der Waals surface area contributed by atoms with Gasteiger partial charge >= 0.3 is 0 Å². The van der Waals surface area contributed by atoms with E-state index >= 15 is 0 Å². The molecule has 32 heavy (non-hydrogen) atoms. The van der Waals surface area contributed by atoms with Crippen LogP contribution in [0.25, 0.3) is 0 Å². The summed E-state index contributed by atoms with van der Waals surface area (Å²) < 4.78 is 0. The SMILES string of the molecule is C.CC.CN=C/C(=C\N)CCC(C)C1CCC2C1(C)CCC1C34CCC(C)CC3=CCC214. The van der Waals surface area contributed by atoms with Crippen LogP contribution in [0.4, 0.5) is 0 Å². The standard InChI is InChI=1S/C27H42N2.C2H6.CH4/c1-18-9-13-26-21(15-18)10-14-27(26)23-8-7-22(25(23,3)12-11-24(26)27)19(2)5-6-20(16-28)17-29-4;1-2;/h10,16-19,22-24H,5-9,11-15,28H2,1-4H3;1-2H3;1H4/b20-16-,29-17?;;. The molecule has 0 aromatic rings. The molecule has 5 aliphatic carbocycles. The molecule has 0 saturated heterocycles. The smallest absolute Gasteiger partial charge is 0.0277 e. The van der Waals surface area contributed by atoms with Crippen LogP contribution in [0, 0.1) is 45.8 Å². The number of hydrogen-bond donors (Lipinski definition) is 1. The van der Waals surface area contributed by atoms with Crippen LogP contribution < -0.4 is 5.73 Å². The summed E-state index contributed by atoms with van der Waals surface area (Å²) in [7, 11) is 1.84. The Hall–Kier alpha value is -1.05. The fourth-order valence-corrected chi connectivity index (χ4v) is 9.83. The maximum atomic E-state index is 5.82. The van der Waals surface area contributed by atoms with Gasteiger partial charge in [0.1, 0.15) is 0 Å². The fourth-order valence-electron chi connectivity index (χ4n) is 9.83. The van der Waals surface area contributed by atoms with Gasteiger partial charge in [0, 0.05) is 18.7 Å². The van der Waals surface area contributed by atoms with Crippen molar-refractivity contribution in [1.82, 2.24) is 0 Å². The van der Waals surface area contributed by atoms with E-state index in [1.807, 2.05) is 32.7 Å². The van der Waals surface area contributed by atoms with E-state index in [0.29, 0.717) is 16.2 Å². The average molecular weight is 441 g/mol. The Morgan fingerprint density at radius 3 is 2.62 bits per heavy atom. The molecule has 0 aromatic heterocycles. The summed E-state index contributed by atoms with van der Waals surface area (Å²) in [5, 5.41) is 0. The van der Waals surface area contributed by atoms with E-state index in [-0.39, 0.29) is 7.43 Å². The summed E-state index contributed by atoms with van der Waals surface area (Å²) in [6.07, 6.45) is 20.5. The highest BCUT2D eigenvalue weighted by molar-refractivity contribution is 5.78. The normalized spacial score (nSPS) is 44.8. The van der Waals surface area contributed by atoms with Gasteiger partial charge in [-0.1, -0.05) is 53.7 Å². The minimum Gasteiger partial charge on any atom is -0.404 e. The first kappa shape index (κ1) is 25.6. The van der Waals surface area contributed by atoms with E-state index in [0.717, 1.165) is 36.0 Å². The second-order valence-corrected chi connectivity index (χ2v) is 11.8. The van der Waals surface area contributed by atoms with E-state index in [4.69, 9.17) is 5.73 Å². The van der Waals surface area contributed by atoms with Crippen LogP contribution in [-0.2, 0) is 0 Å². The third-order valence-electron chi connectivity index (χ3n) is 10.9. The molecule has 0 bridgehead atoms. The molecule has 182 valence electrons. The van der Waals surface area contributed by atoms with Gasteiger partial charge in [0.15, 0.2) is 0 Å². The Bertz CT molecular complexity index is 763. The third kappa shape index (κ3) is 3.29. The molecule has 2 nitrogen and oxygen atoms in total. The Kier molecular flexibility index (Phi) is 7.43. The summed E-state index contributed by atoms with van der Waals surface area (Å²) in [6.45, 7) is 11.7. The van der Waals surface area contributed by atoms with Crippen LogP contribution in [0.5, 0.6) is 0 Å². The molecule has 0 heterocycles. The number of fused-ring (bicyclic) bond motifs is 1. The predicted molar refractivity (Wildman–Crippen MR) is 141 cm³/mol. The van der Waals surface area contributed by atoms with Gasteiger partial charge in [-0.15, -0.1) is 0 Å². The number of allylic oxidation sites excluding steroid dienone is 3. The minimum atomic E-state index is 0. The number of hydrogen-bond acceptors (Lipinski definition) is 2. The lowest BCUT2D eigenvalue weighted by Gasteiger charge is -2.47. The van der Waals surface area contributed by atoms with Gasteiger partial charge in [-0.05, 0) is 116 Å². The zero-order valence-corrected chi connectivity index (χ0v) is 21.2. The summed E-state index contributed by atoms with van der Waals surface area (Å²) in [5.41, 5.74) is 10.8. The molecule has 2 heteroatoms. The molecule has 4 fully saturated rings. The molecule has 8 atom stereocenters. The monoisotopic (exact) mass is 440 g/mol. The van der Waals surface area contributed by atoms with Gasteiger partial charge in [0.25, 0.3) is 0 Å². The van der Waals surface area contributed by atoms with Crippen molar-refractivity contribution in [2.24, 2.45) is 56.6 Å². The summed E-state index contributed by atoms with van der Waals surface area (Å²) in [5.74, 6) is 4.62. The highest BCUT2D eigenvalue weighted by atomic mass is 14.9. The van der Waals surface area contributed by atoms with Crippen molar-refractivity contribution in [3.63, 3.8) is 0 Å². The topological polar surface area (TPSA) is 38.4 Å². The van der Waals surface area contributed by atoms with Crippen molar-refractivity contribution in [2.45, 2.75) is 106 Å². The molecule has 5 rings (SSSR count). The zero-order chi connectivity index (χ0) is 22.4. The van der Waals surface area contributed by atoms with Gasteiger partial charge in [-0.2, -0.15) is 0 Å². The van der Waals surface area contributed by atoms with E-state index in [1.54, 1.807) is 6.20 Å². The van der Waals surface area contributed by atoms with Crippen LogP contribution >= 0.6 is 0 Å². The van der Waals surface area contributed by atoms with Crippen LogP contribution in [0.3, 0.4) is 0 Å². The highest BCUT2D eigenvalue weighted by Gasteiger charge is 2.84. The summed E-state index contributed by atoms with van der Waals surface area (Å²) in [6, 6.07) is 0. The maximum absolute atomic E-state index is 5.82.